The largest absolute Gasteiger partial charge is 0.379 e. The highest BCUT2D eigenvalue weighted by Gasteiger charge is 2.49. The molecule has 4 aromatic rings. The van der Waals surface area contributed by atoms with E-state index < -0.39 is 5.41 Å². The average Bonchev–Trinajstić information content (AvgIpc) is 3.67. The molecule has 2 aliphatic heterocycles. The molecule has 1 amide bonds. The molecule has 248 valence electrons. The van der Waals surface area contributed by atoms with Gasteiger partial charge in [-0.2, -0.15) is 0 Å². The number of carbonyl (C=O) groups is 1. The van der Waals surface area contributed by atoms with Gasteiger partial charge in [0.15, 0.2) is 0 Å². The molecule has 6 rings (SSSR count). The van der Waals surface area contributed by atoms with Gasteiger partial charge in [-0.25, -0.2) is 0 Å². The van der Waals surface area contributed by atoms with Gasteiger partial charge in [0.25, 0.3) is 0 Å². The molecule has 47 heavy (non-hydrogen) atoms. The van der Waals surface area contributed by atoms with Crippen LogP contribution >= 0.6 is 0 Å². The van der Waals surface area contributed by atoms with Crippen LogP contribution < -0.4 is 0 Å². The first-order chi connectivity index (χ1) is 23.0. The van der Waals surface area contributed by atoms with Crippen molar-refractivity contribution in [2.75, 3.05) is 53.0 Å². The number of morpholine rings is 1. The van der Waals surface area contributed by atoms with Crippen LogP contribution in [0.1, 0.15) is 48.9 Å². The average molecular weight is 632 g/mol. The number of nitrogens with zero attached hydrogens (tertiary/aromatic N) is 3. The highest BCUT2D eigenvalue weighted by atomic mass is 16.5. The molecule has 5 nitrogen and oxygen atoms in total. The molecule has 2 atom stereocenters. The van der Waals surface area contributed by atoms with Crippen molar-refractivity contribution in [3.05, 3.63) is 144 Å². The van der Waals surface area contributed by atoms with Crippen molar-refractivity contribution in [1.82, 2.24) is 14.7 Å². The Kier molecular flexibility index (Phi) is 12.8. The van der Waals surface area contributed by atoms with E-state index in [1.165, 1.54) is 11.1 Å². The van der Waals surface area contributed by atoms with Gasteiger partial charge in [0.05, 0.1) is 13.2 Å². The maximum atomic E-state index is 14.2. The summed E-state index contributed by atoms with van der Waals surface area (Å²) in [6, 6.07) is 42.7. The third-order valence-corrected chi connectivity index (χ3v) is 9.97. The van der Waals surface area contributed by atoms with Crippen molar-refractivity contribution in [2.24, 2.45) is 5.92 Å². The Morgan fingerprint density at radius 3 is 1.68 bits per heavy atom. The molecule has 0 bridgehead atoms. The van der Waals surface area contributed by atoms with E-state index in [1.807, 2.05) is 12.1 Å². The SMILES string of the molecule is C[C@@H](Cc1ccccc1)N(C)Cc1ccccc1.C[C@H](CN1CCOCC1)C(C(=O)N1CCCC1)(c1ccccc1)c1ccccc1. The number of hydrogen-bond acceptors (Lipinski definition) is 4. The minimum atomic E-state index is -0.675. The first kappa shape index (κ1) is 34.6. The van der Waals surface area contributed by atoms with E-state index in [4.69, 9.17) is 4.74 Å². The lowest BCUT2D eigenvalue weighted by atomic mass is 9.65. The lowest BCUT2D eigenvalue weighted by molar-refractivity contribution is -0.137. The summed E-state index contributed by atoms with van der Waals surface area (Å²) < 4.78 is 5.55. The molecular formula is C42H53N3O2. The summed E-state index contributed by atoms with van der Waals surface area (Å²) in [6.45, 7) is 11.6. The number of ether oxygens (including phenoxy) is 1. The smallest absolute Gasteiger partial charge is 0.238 e. The molecule has 2 saturated heterocycles. The Balaban J connectivity index is 0.000000207. The number of amides is 1. The van der Waals surface area contributed by atoms with Crippen LogP contribution in [-0.2, 0) is 27.9 Å². The third kappa shape index (κ3) is 8.98. The summed E-state index contributed by atoms with van der Waals surface area (Å²) in [6.07, 6.45) is 3.30. The van der Waals surface area contributed by atoms with E-state index >= 15 is 0 Å². The van der Waals surface area contributed by atoms with Gasteiger partial charge in [-0.3, -0.25) is 14.6 Å². The Labute approximate surface area is 283 Å². The van der Waals surface area contributed by atoms with Gasteiger partial charge >= 0.3 is 0 Å². The zero-order chi connectivity index (χ0) is 32.9. The van der Waals surface area contributed by atoms with Crippen LogP contribution in [0.15, 0.2) is 121 Å². The molecule has 4 aromatic carbocycles. The molecule has 2 heterocycles. The van der Waals surface area contributed by atoms with Crippen LogP contribution in [0.2, 0.25) is 0 Å². The standard InChI is InChI=1S/C25H32N2O2.C17H21N/c1-21(20-26-16-18-29-19-17-26)25(22-10-4-2-5-11-22,23-12-6-3-7-13-23)24(28)27-14-8-9-15-27;1-15(13-16-9-5-3-6-10-16)18(2)14-17-11-7-4-8-12-17/h2-7,10-13,21H,8-9,14-20H2,1H3;3-12,15H,13-14H2,1-2H3/t21-;15-/m10/s1. The lowest BCUT2D eigenvalue weighted by Gasteiger charge is -2.43. The molecule has 5 heteroatoms. The monoisotopic (exact) mass is 631 g/mol. The Bertz CT molecular complexity index is 1370. The molecule has 0 aromatic heterocycles. The topological polar surface area (TPSA) is 36.0 Å². The van der Waals surface area contributed by atoms with Gasteiger partial charge in [-0.15, -0.1) is 0 Å². The maximum Gasteiger partial charge on any atom is 0.238 e. The van der Waals surface area contributed by atoms with E-state index in [-0.39, 0.29) is 11.8 Å². The number of rotatable bonds is 11. The molecule has 0 radical (unpaired) electrons. The third-order valence-electron chi connectivity index (χ3n) is 9.97. The number of hydrogen-bond donors (Lipinski definition) is 0. The Morgan fingerprint density at radius 1 is 0.702 bits per heavy atom. The van der Waals surface area contributed by atoms with Gasteiger partial charge < -0.3 is 9.64 Å². The van der Waals surface area contributed by atoms with Crippen LogP contribution in [-0.4, -0.2) is 79.6 Å². The van der Waals surface area contributed by atoms with Gasteiger partial charge in [-0.05, 0) is 61.4 Å². The second-order valence-electron chi connectivity index (χ2n) is 13.3. The molecule has 2 fully saturated rings. The molecule has 0 unspecified atom stereocenters. The summed E-state index contributed by atoms with van der Waals surface area (Å²) >= 11 is 0. The first-order valence-electron chi connectivity index (χ1n) is 17.5. The van der Waals surface area contributed by atoms with Gasteiger partial charge in [-0.1, -0.05) is 128 Å². The van der Waals surface area contributed by atoms with Crippen molar-refractivity contribution in [3.8, 4) is 0 Å². The highest BCUT2D eigenvalue weighted by molar-refractivity contribution is 5.93. The first-order valence-corrected chi connectivity index (χ1v) is 17.5. The minimum absolute atomic E-state index is 0.137. The number of likely N-dealkylation sites (tertiary alicyclic amines) is 1. The molecule has 0 spiro atoms. The van der Waals surface area contributed by atoms with Crippen molar-refractivity contribution >= 4 is 5.91 Å². The fourth-order valence-corrected chi connectivity index (χ4v) is 7.21. The van der Waals surface area contributed by atoms with E-state index in [2.05, 4.69) is 145 Å². The highest BCUT2D eigenvalue weighted by Crippen LogP contribution is 2.42. The maximum absolute atomic E-state index is 14.2. The van der Waals surface area contributed by atoms with E-state index in [9.17, 15) is 4.79 Å². The lowest BCUT2D eigenvalue weighted by Crippen LogP contribution is -2.54. The van der Waals surface area contributed by atoms with Gasteiger partial charge in [0, 0.05) is 45.3 Å². The summed E-state index contributed by atoms with van der Waals surface area (Å²) in [4.78, 5) is 21.2. The fraction of sp³-hybridized carbons (Fsp3) is 0.405. The van der Waals surface area contributed by atoms with Crippen molar-refractivity contribution in [3.63, 3.8) is 0 Å². The normalized spacial score (nSPS) is 16.7. The van der Waals surface area contributed by atoms with E-state index in [0.29, 0.717) is 6.04 Å². The summed E-state index contributed by atoms with van der Waals surface area (Å²) in [5.74, 6) is 0.395. The predicted octanol–water partition coefficient (Wildman–Crippen LogP) is 7.31. The molecule has 0 aliphatic carbocycles. The van der Waals surface area contributed by atoms with Crippen LogP contribution in [0.3, 0.4) is 0 Å². The minimum Gasteiger partial charge on any atom is -0.379 e. The molecule has 0 N–H and O–H groups in total. The summed E-state index contributed by atoms with van der Waals surface area (Å²) in [5, 5.41) is 0. The summed E-state index contributed by atoms with van der Waals surface area (Å²) in [5.41, 5.74) is 4.31. The van der Waals surface area contributed by atoms with E-state index in [1.54, 1.807) is 0 Å². The molecule has 2 aliphatic rings. The predicted molar refractivity (Wildman–Crippen MR) is 193 cm³/mol. The van der Waals surface area contributed by atoms with Crippen LogP contribution in [0.5, 0.6) is 0 Å². The number of likely N-dealkylation sites (N-methyl/N-ethyl adjacent to an activating group) is 1. The summed E-state index contributed by atoms with van der Waals surface area (Å²) in [7, 11) is 2.20. The van der Waals surface area contributed by atoms with Gasteiger partial charge in [0.1, 0.15) is 5.41 Å². The molecular weight excluding hydrogens is 578 g/mol. The fourth-order valence-electron chi connectivity index (χ4n) is 7.21. The van der Waals surface area contributed by atoms with Gasteiger partial charge in [0.2, 0.25) is 5.91 Å². The van der Waals surface area contributed by atoms with Crippen LogP contribution in [0, 0.1) is 5.92 Å². The zero-order valence-corrected chi connectivity index (χ0v) is 28.6. The number of benzene rings is 4. The second-order valence-corrected chi connectivity index (χ2v) is 13.3. The molecule has 0 saturated carbocycles. The van der Waals surface area contributed by atoms with Crippen molar-refractivity contribution in [1.29, 1.82) is 0 Å². The van der Waals surface area contributed by atoms with Crippen molar-refractivity contribution in [2.45, 2.75) is 51.1 Å². The second kappa shape index (κ2) is 17.4. The quantitative estimate of drug-likeness (QED) is 0.174. The Morgan fingerprint density at radius 2 is 1.17 bits per heavy atom. The number of carbonyl (C=O) groups excluding carboxylic acids is 1. The Hall–Kier alpha value is -3.77. The van der Waals surface area contributed by atoms with Crippen molar-refractivity contribution < 1.29 is 9.53 Å². The van der Waals surface area contributed by atoms with Crippen LogP contribution in [0.25, 0.3) is 0 Å². The van der Waals surface area contributed by atoms with Crippen LogP contribution in [0.4, 0.5) is 0 Å². The van der Waals surface area contributed by atoms with E-state index in [0.717, 1.165) is 82.9 Å². The zero-order valence-electron chi connectivity index (χ0n) is 28.6.